The van der Waals surface area contributed by atoms with E-state index in [4.69, 9.17) is 19.4 Å². The second kappa shape index (κ2) is 10.9. The van der Waals surface area contributed by atoms with Crippen LogP contribution in [0.5, 0.6) is 0 Å². The Hall–Kier alpha value is -2.17. The van der Waals surface area contributed by atoms with Gasteiger partial charge in [-0.25, -0.2) is 4.79 Å². The first-order chi connectivity index (χ1) is 14.5. The van der Waals surface area contributed by atoms with Gasteiger partial charge in [-0.05, 0) is 12.5 Å². The Labute approximate surface area is 179 Å². The van der Waals surface area contributed by atoms with E-state index in [0.29, 0.717) is 26.2 Å². The number of hydrogen-bond donors (Lipinski definition) is 1. The summed E-state index contributed by atoms with van der Waals surface area (Å²) in [7, 11) is 1.68. The number of amides is 1. The number of aliphatic carboxylic acids is 1. The van der Waals surface area contributed by atoms with E-state index >= 15 is 0 Å². The van der Waals surface area contributed by atoms with Crippen molar-refractivity contribution in [3.63, 3.8) is 0 Å². The fourth-order valence-electron chi connectivity index (χ4n) is 3.87. The molecule has 1 atom stereocenters. The zero-order valence-electron chi connectivity index (χ0n) is 17.8. The molecule has 10 heteroatoms. The summed E-state index contributed by atoms with van der Waals surface area (Å²) in [4.78, 5) is 25.6. The SMILES string of the molecule is COCCN1CC2(COCCN(Cc3cccc(C)c3)C2)CC1=O.O=C(O)C(F)(F)F. The van der Waals surface area contributed by atoms with E-state index in [-0.39, 0.29) is 11.3 Å². The molecule has 174 valence electrons. The quantitative estimate of drug-likeness (QED) is 0.748. The van der Waals surface area contributed by atoms with Crippen molar-refractivity contribution in [3.05, 3.63) is 35.4 Å². The Kier molecular flexibility index (Phi) is 8.84. The van der Waals surface area contributed by atoms with E-state index in [1.54, 1.807) is 7.11 Å². The first kappa shape index (κ1) is 25.1. The lowest BCUT2D eigenvalue weighted by molar-refractivity contribution is -0.192. The van der Waals surface area contributed by atoms with E-state index in [0.717, 1.165) is 32.8 Å². The second-order valence-corrected chi connectivity index (χ2v) is 8.04. The van der Waals surface area contributed by atoms with Gasteiger partial charge in [0.1, 0.15) is 0 Å². The highest BCUT2D eigenvalue weighted by Gasteiger charge is 2.45. The highest BCUT2D eigenvalue weighted by molar-refractivity contribution is 5.79. The fourth-order valence-corrected chi connectivity index (χ4v) is 3.87. The summed E-state index contributed by atoms with van der Waals surface area (Å²) < 4.78 is 42.7. The van der Waals surface area contributed by atoms with Crippen LogP contribution in [0.3, 0.4) is 0 Å². The molecule has 1 spiro atoms. The van der Waals surface area contributed by atoms with Crippen molar-refractivity contribution in [1.29, 1.82) is 0 Å². The minimum absolute atomic E-state index is 0.0782. The third-order valence-electron chi connectivity index (χ3n) is 5.22. The summed E-state index contributed by atoms with van der Waals surface area (Å²) in [6.07, 6.45) is -4.50. The van der Waals surface area contributed by atoms with Gasteiger partial charge < -0.3 is 19.5 Å². The summed E-state index contributed by atoms with van der Waals surface area (Å²) in [6.45, 7) is 8.33. The monoisotopic (exact) mass is 446 g/mol. The van der Waals surface area contributed by atoms with Crippen molar-refractivity contribution in [2.75, 3.05) is 53.1 Å². The predicted octanol–water partition coefficient (Wildman–Crippen LogP) is 2.33. The Morgan fingerprint density at radius 1 is 1.32 bits per heavy atom. The Balaban J connectivity index is 0.000000423. The number of carboxylic acids is 1. The lowest BCUT2D eigenvalue weighted by Gasteiger charge is -2.31. The molecule has 0 bridgehead atoms. The topological polar surface area (TPSA) is 79.3 Å². The number of aryl methyl sites for hydroxylation is 1. The molecule has 2 saturated heterocycles. The number of rotatable bonds is 5. The van der Waals surface area contributed by atoms with Gasteiger partial charge in [-0.1, -0.05) is 29.8 Å². The van der Waals surface area contributed by atoms with E-state index in [2.05, 4.69) is 36.1 Å². The molecule has 1 unspecified atom stereocenters. The third-order valence-corrected chi connectivity index (χ3v) is 5.22. The molecule has 2 fully saturated rings. The third kappa shape index (κ3) is 7.79. The number of nitrogens with zero attached hydrogens (tertiary/aromatic N) is 2. The molecule has 2 aliphatic rings. The fraction of sp³-hybridized carbons (Fsp3) is 0.619. The maximum absolute atomic E-state index is 12.4. The van der Waals surface area contributed by atoms with E-state index < -0.39 is 12.1 Å². The zero-order chi connectivity index (χ0) is 23.1. The molecule has 1 amide bonds. The van der Waals surface area contributed by atoms with Gasteiger partial charge in [0.05, 0.1) is 19.8 Å². The second-order valence-electron chi connectivity index (χ2n) is 8.04. The van der Waals surface area contributed by atoms with Crippen LogP contribution in [0, 0.1) is 12.3 Å². The molecule has 1 aromatic carbocycles. The molecule has 31 heavy (non-hydrogen) atoms. The molecule has 2 aliphatic heterocycles. The van der Waals surface area contributed by atoms with E-state index in [9.17, 15) is 18.0 Å². The molecule has 0 aromatic heterocycles. The smallest absolute Gasteiger partial charge is 0.475 e. The first-order valence-corrected chi connectivity index (χ1v) is 9.97. The largest absolute Gasteiger partial charge is 0.490 e. The summed E-state index contributed by atoms with van der Waals surface area (Å²) in [5, 5.41) is 7.12. The van der Waals surface area contributed by atoms with Crippen LogP contribution in [0.25, 0.3) is 0 Å². The van der Waals surface area contributed by atoms with Gasteiger partial charge in [0.25, 0.3) is 0 Å². The van der Waals surface area contributed by atoms with Gasteiger partial charge in [-0.15, -0.1) is 0 Å². The summed E-state index contributed by atoms with van der Waals surface area (Å²) in [6, 6.07) is 8.65. The van der Waals surface area contributed by atoms with Crippen molar-refractivity contribution >= 4 is 11.9 Å². The maximum Gasteiger partial charge on any atom is 0.490 e. The average molecular weight is 446 g/mol. The van der Waals surface area contributed by atoms with Crippen molar-refractivity contribution in [3.8, 4) is 0 Å². The number of methoxy groups -OCH3 is 1. The van der Waals surface area contributed by atoms with Crippen molar-refractivity contribution < 1.29 is 37.3 Å². The number of ether oxygens (including phenoxy) is 2. The zero-order valence-corrected chi connectivity index (χ0v) is 17.8. The average Bonchev–Trinajstić information content (AvgIpc) is 2.85. The van der Waals surface area contributed by atoms with Gasteiger partial charge >= 0.3 is 12.1 Å². The number of likely N-dealkylation sites (tertiary alicyclic amines) is 1. The molecule has 0 radical (unpaired) electrons. The van der Waals surface area contributed by atoms with Gasteiger partial charge in [0, 0.05) is 51.7 Å². The molecule has 1 N–H and O–H groups in total. The number of alkyl halides is 3. The molecule has 0 saturated carbocycles. The Morgan fingerprint density at radius 3 is 2.65 bits per heavy atom. The van der Waals surface area contributed by atoms with Crippen LogP contribution < -0.4 is 0 Å². The minimum atomic E-state index is -5.08. The van der Waals surface area contributed by atoms with Crippen molar-refractivity contribution in [1.82, 2.24) is 9.80 Å². The highest BCUT2D eigenvalue weighted by atomic mass is 19.4. The molecule has 2 heterocycles. The van der Waals surface area contributed by atoms with Gasteiger partial charge in [-0.3, -0.25) is 9.69 Å². The summed E-state index contributed by atoms with van der Waals surface area (Å²) in [5.74, 6) is -2.53. The van der Waals surface area contributed by atoms with Crippen LogP contribution in [0.2, 0.25) is 0 Å². The van der Waals surface area contributed by atoms with Crippen LogP contribution in [-0.4, -0.2) is 86.1 Å². The molecular weight excluding hydrogens is 417 g/mol. The van der Waals surface area contributed by atoms with Crippen molar-refractivity contribution in [2.45, 2.75) is 26.1 Å². The number of hydrogen-bond acceptors (Lipinski definition) is 5. The number of halogens is 3. The number of benzene rings is 1. The predicted molar refractivity (Wildman–Crippen MR) is 106 cm³/mol. The van der Waals surface area contributed by atoms with Crippen LogP contribution in [0.4, 0.5) is 13.2 Å². The van der Waals surface area contributed by atoms with Gasteiger partial charge in [-0.2, -0.15) is 13.2 Å². The van der Waals surface area contributed by atoms with Gasteiger partial charge in [0.15, 0.2) is 0 Å². The Morgan fingerprint density at radius 2 is 2.03 bits per heavy atom. The van der Waals surface area contributed by atoms with Crippen molar-refractivity contribution in [2.24, 2.45) is 5.41 Å². The van der Waals surface area contributed by atoms with Crippen LogP contribution in [0.1, 0.15) is 17.5 Å². The van der Waals surface area contributed by atoms with Crippen LogP contribution in [0.15, 0.2) is 24.3 Å². The Bertz CT molecular complexity index is 759. The normalized spacial score (nSPS) is 22.2. The van der Waals surface area contributed by atoms with Crippen LogP contribution in [-0.2, 0) is 25.6 Å². The molecular formula is C21H29F3N2O5. The molecule has 7 nitrogen and oxygen atoms in total. The lowest BCUT2D eigenvalue weighted by atomic mass is 9.87. The maximum atomic E-state index is 12.4. The van der Waals surface area contributed by atoms with Crippen LogP contribution >= 0.6 is 0 Å². The minimum Gasteiger partial charge on any atom is -0.475 e. The van der Waals surface area contributed by atoms with E-state index in [1.807, 2.05) is 4.90 Å². The number of carbonyl (C=O) groups excluding carboxylic acids is 1. The molecule has 3 rings (SSSR count). The van der Waals surface area contributed by atoms with E-state index in [1.165, 1.54) is 11.1 Å². The summed E-state index contributed by atoms with van der Waals surface area (Å²) in [5.41, 5.74) is 2.54. The first-order valence-electron chi connectivity index (χ1n) is 9.97. The van der Waals surface area contributed by atoms with Gasteiger partial charge in [0.2, 0.25) is 5.91 Å². The standard InChI is InChI=1S/C19H28N2O3.C2HF3O2/c1-16-4-3-5-17(10-16)12-20-6-9-24-15-19(13-20)11-18(22)21(14-19)7-8-23-2;3-2(4,5)1(6)7/h3-5,10H,6-9,11-15H2,1-2H3;(H,6,7). The lowest BCUT2D eigenvalue weighted by Crippen LogP contribution is -2.40. The highest BCUT2D eigenvalue weighted by Crippen LogP contribution is 2.34. The molecule has 1 aromatic rings. The number of carboxylic acid groups (broad SMARTS) is 1. The molecule has 0 aliphatic carbocycles. The number of carbonyl (C=O) groups is 2. The summed E-state index contributed by atoms with van der Waals surface area (Å²) >= 11 is 0.